The standard InChI is InChI=1S/C19H20N6O/c1-12-22-18-7-6-15(11-25(18)24-12)20-9-14-10-21-23-19(14)17-8-13-4-2-3-5-16(13)26-17/h2-5,8,10,15,20H,6-7,9,11H2,1H3,(H,21,23). The fourth-order valence-corrected chi connectivity index (χ4v) is 3.62. The quantitative estimate of drug-likeness (QED) is 0.592. The van der Waals surface area contributed by atoms with Crippen molar-refractivity contribution in [3.63, 3.8) is 0 Å². The molecule has 0 spiro atoms. The van der Waals surface area contributed by atoms with E-state index in [4.69, 9.17) is 4.42 Å². The van der Waals surface area contributed by atoms with Crippen LogP contribution in [0.2, 0.25) is 0 Å². The molecule has 1 atom stereocenters. The highest BCUT2D eigenvalue weighted by atomic mass is 16.3. The monoisotopic (exact) mass is 348 g/mol. The van der Waals surface area contributed by atoms with Crippen molar-refractivity contribution in [2.75, 3.05) is 0 Å². The minimum atomic E-state index is 0.377. The molecular weight excluding hydrogens is 328 g/mol. The van der Waals surface area contributed by atoms with E-state index >= 15 is 0 Å². The number of aromatic amines is 1. The summed E-state index contributed by atoms with van der Waals surface area (Å²) < 4.78 is 7.99. The van der Waals surface area contributed by atoms with Crippen LogP contribution in [0.3, 0.4) is 0 Å². The molecule has 0 saturated carbocycles. The van der Waals surface area contributed by atoms with Gasteiger partial charge in [-0.3, -0.25) is 5.10 Å². The number of nitrogens with zero attached hydrogens (tertiary/aromatic N) is 4. The first-order valence-electron chi connectivity index (χ1n) is 8.91. The molecule has 7 nitrogen and oxygen atoms in total. The van der Waals surface area contributed by atoms with Crippen LogP contribution in [-0.4, -0.2) is 31.0 Å². The fourth-order valence-electron chi connectivity index (χ4n) is 3.62. The molecule has 0 amide bonds. The maximum atomic E-state index is 5.97. The van der Waals surface area contributed by atoms with Gasteiger partial charge in [-0.2, -0.15) is 10.2 Å². The average Bonchev–Trinajstić information content (AvgIpc) is 3.35. The lowest BCUT2D eigenvalue weighted by molar-refractivity contribution is 0.358. The summed E-state index contributed by atoms with van der Waals surface area (Å²) in [5, 5.41) is 16.5. The highest BCUT2D eigenvalue weighted by Gasteiger charge is 2.21. The predicted octanol–water partition coefficient (Wildman–Crippen LogP) is 2.83. The van der Waals surface area contributed by atoms with E-state index in [2.05, 4.69) is 37.7 Å². The summed E-state index contributed by atoms with van der Waals surface area (Å²) in [5.41, 5.74) is 2.92. The van der Waals surface area contributed by atoms with Crippen molar-refractivity contribution in [3.8, 4) is 11.5 Å². The zero-order valence-corrected chi connectivity index (χ0v) is 14.6. The number of nitrogens with one attached hydrogen (secondary N) is 2. The van der Waals surface area contributed by atoms with Gasteiger partial charge >= 0.3 is 0 Å². The Morgan fingerprint density at radius 3 is 3.19 bits per heavy atom. The summed E-state index contributed by atoms with van der Waals surface area (Å²) in [5.74, 6) is 2.76. The zero-order chi connectivity index (χ0) is 17.5. The van der Waals surface area contributed by atoms with Gasteiger partial charge in [0.05, 0.1) is 12.7 Å². The predicted molar refractivity (Wildman–Crippen MR) is 97.5 cm³/mol. The van der Waals surface area contributed by atoms with Crippen molar-refractivity contribution in [2.45, 2.75) is 38.9 Å². The summed E-state index contributed by atoms with van der Waals surface area (Å²) in [6, 6.07) is 10.5. The number of aryl methyl sites for hydroxylation is 2. The van der Waals surface area contributed by atoms with E-state index in [9.17, 15) is 0 Å². The Labute approximate surface area is 150 Å². The Hall–Kier alpha value is -2.93. The van der Waals surface area contributed by atoms with Crippen LogP contribution in [0.4, 0.5) is 0 Å². The molecule has 4 heterocycles. The van der Waals surface area contributed by atoms with Gasteiger partial charge in [-0.05, 0) is 25.5 Å². The molecule has 2 N–H and O–H groups in total. The number of aromatic nitrogens is 5. The molecule has 3 aromatic heterocycles. The van der Waals surface area contributed by atoms with E-state index in [1.165, 1.54) is 0 Å². The second-order valence-corrected chi connectivity index (χ2v) is 6.79. The third-order valence-electron chi connectivity index (χ3n) is 4.93. The molecule has 0 bridgehead atoms. The fraction of sp³-hybridized carbons (Fsp3) is 0.316. The number of H-pyrrole nitrogens is 1. The summed E-state index contributed by atoms with van der Waals surface area (Å²) in [6.07, 6.45) is 3.89. The average molecular weight is 348 g/mol. The van der Waals surface area contributed by atoms with Gasteiger partial charge in [-0.25, -0.2) is 9.67 Å². The third-order valence-corrected chi connectivity index (χ3v) is 4.93. The van der Waals surface area contributed by atoms with Crippen molar-refractivity contribution in [3.05, 3.63) is 53.7 Å². The lowest BCUT2D eigenvalue weighted by Gasteiger charge is -2.23. The molecule has 5 rings (SSSR count). The van der Waals surface area contributed by atoms with E-state index in [1.807, 2.05) is 36.0 Å². The third kappa shape index (κ3) is 2.70. The van der Waals surface area contributed by atoms with Crippen LogP contribution in [0.15, 0.2) is 40.9 Å². The van der Waals surface area contributed by atoms with Gasteiger partial charge in [-0.1, -0.05) is 18.2 Å². The van der Waals surface area contributed by atoms with Crippen LogP contribution >= 0.6 is 0 Å². The van der Waals surface area contributed by atoms with E-state index in [0.717, 1.165) is 65.6 Å². The molecule has 0 aliphatic carbocycles. The first-order chi connectivity index (χ1) is 12.8. The van der Waals surface area contributed by atoms with Gasteiger partial charge in [0.2, 0.25) is 0 Å². The minimum Gasteiger partial charge on any atom is -0.454 e. The van der Waals surface area contributed by atoms with E-state index in [-0.39, 0.29) is 0 Å². The number of furan rings is 1. The van der Waals surface area contributed by atoms with Crippen LogP contribution in [0.5, 0.6) is 0 Å². The highest BCUT2D eigenvalue weighted by Crippen LogP contribution is 2.28. The summed E-state index contributed by atoms with van der Waals surface area (Å²) in [6.45, 7) is 3.53. The number of fused-ring (bicyclic) bond motifs is 2. The molecule has 4 aromatic rings. The van der Waals surface area contributed by atoms with Crippen LogP contribution < -0.4 is 5.32 Å². The molecule has 0 saturated heterocycles. The van der Waals surface area contributed by atoms with Crippen molar-refractivity contribution in [2.24, 2.45) is 0 Å². The molecule has 0 fully saturated rings. The van der Waals surface area contributed by atoms with Crippen LogP contribution in [0, 0.1) is 6.92 Å². The molecule has 26 heavy (non-hydrogen) atoms. The maximum absolute atomic E-state index is 5.97. The number of hydrogen-bond acceptors (Lipinski definition) is 5. The summed E-state index contributed by atoms with van der Waals surface area (Å²) in [4.78, 5) is 4.47. The van der Waals surface area contributed by atoms with Gasteiger partial charge < -0.3 is 9.73 Å². The zero-order valence-electron chi connectivity index (χ0n) is 14.6. The Bertz CT molecular complexity index is 1030. The van der Waals surface area contributed by atoms with Gasteiger partial charge in [0.15, 0.2) is 5.76 Å². The molecule has 132 valence electrons. The molecule has 7 heteroatoms. The van der Waals surface area contributed by atoms with Gasteiger partial charge in [0.1, 0.15) is 22.9 Å². The van der Waals surface area contributed by atoms with Crippen LogP contribution in [0.1, 0.15) is 23.6 Å². The first kappa shape index (κ1) is 15.3. The summed E-state index contributed by atoms with van der Waals surface area (Å²) in [7, 11) is 0. The second kappa shape index (κ2) is 6.10. The number of hydrogen-bond donors (Lipinski definition) is 2. The highest BCUT2D eigenvalue weighted by molar-refractivity contribution is 5.82. The van der Waals surface area contributed by atoms with Gasteiger partial charge in [0, 0.05) is 30.0 Å². The van der Waals surface area contributed by atoms with Crippen molar-refractivity contribution < 1.29 is 4.42 Å². The SMILES string of the molecule is Cc1nc2n(n1)CC(NCc1cn[nH]c1-c1cc3ccccc3o1)CC2. The minimum absolute atomic E-state index is 0.377. The molecule has 1 aromatic carbocycles. The van der Waals surface area contributed by atoms with E-state index < -0.39 is 0 Å². The van der Waals surface area contributed by atoms with Crippen molar-refractivity contribution in [1.82, 2.24) is 30.3 Å². The van der Waals surface area contributed by atoms with Crippen molar-refractivity contribution in [1.29, 1.82) is 0 Å². The molecular formula is C19H20N6O. The number of para-hydroxylation sites is 1. The Morgan fingerprint density at radius 1 is 1.35 bits per heavy atom. The molecule has 1 unspecified atom stereocenters. The Morgan fingerprint density at radius 2 is 2.27 bits per heavy atom. The number of benzene rings is 1. The van der Waals surface area contributed by atoms with Crippen LogP contribution in [0.25, 0.3) is 22.4 Å². The lowest BCUT2D eigenvalue weighted by Crippen LogP contribution is -2.37. The smallest absolute Gasteiger partial charge is 0.153 e. The topological polar surface area (TPSA) is 84.6 Å². The molecule has 0 radical (unpaired) electrons. The lowest BCUT2D eigenvalue weighted by atomic mass is 10.1. The van der Waals surface area contributed by atoms with Gasteiger partial charge in [-0.15, -0.1) is 0 Å². The van der Waals surface area contributed by atoms with Crippen LogP contribution in [-0.2, 0) is 19.5 Å². The van der Waals surface area contributed by atoms with Crippen molar-refractivity contribution >= 4 is 11.0 Å². The first-order valence-corrected chi connectivity index (χ1v) is 8.91. The Balaban J connectivity index is 1.32. The number of rotatable bonds is 4. The molecule has 1 aliphatic heterocycles. The normalized spacial score (nSPS) is 16.9. The van der Waals surface area contributed by atoms with E-state index in [1.54, 1.807) is 0 Å². The summed E-state index contributed by atoms with van der Waals surface area (Å²) >= 11 is 0. The second-order valence-electron chi connectivity index (χ2n) is 6.79. The molecule has 1 aliphatic rings. The largest absolute Gasteiger partial charge is 0.454 e. The maximum Gasteiger partial charge on any atom is 0.153 e. The Kier molecular flexibility index (Phi) is 3.60. The van der Waals surface area contributed by atoms with Gasteiger partial charge in [0.25, 0.3) is 0 Å². The van der Waals surface area contributed by atoms with E-state index in [0.29, 0.717) is 6.04 Å².